The van der Waals surface area contributed by atoms with Gasteiger partial charge in [-0.3, -0.25) is 4.79 Å². The van der Waals surface area contributed by atoms with Crippen LogP contribution >= 0.6 is 11.8 Å². The molecule has 0 fully saturated rings. The Labute approximate surface area is 92.7 Å². The van der Waals surface area contributed by atoms with Crippen molar-refractivity contribution in [3.05, 3.63) is 18.2 Å². The molecule has 3 N–H and O–H groups in total. The molecule has 84 valence electrons. The fourth-order valence-electron chi connectivity index (χ4n) is 0.981. The third-order valence-corrected chi connectivity index (χ3v) is 2.79. The van der Waals surface area contributed by atoms with Crippen LogP contribution in [-0.2, 0) is 0 Å². The lowest BCUT2D eigenvalue weighted by Gasteiger charge is -2.02. The number of aromatic nitrogens is 2. The summed E-state index contributed by atoms with van der Waals surface area (Å²) < 4.78 is 0. The lowest BCUT2D eigenvalue weighted by atomic mass is 10.4. The molecule has 0 spiro atoms. The summed E-state index contributed by atoms with van der Waals surface area (Å²) in [5.74, 6) is 1.66. The number of amides is 1. The molecule has 0 bridgehead atoms. The summed E-state index contributed by atoms with van der Waals surface area (Å²) in [6.07, 6.45) is 3.78. The maximum absolute atomic E-state index is 11.4. The number of thioether (sulfide) groups is 1. The first-order valence-electron chi connectivity index (χ1n) is 4.80. The second-order valence-corrected chi connectivity index (χ2v) is 4.14. The number of imidazole rings is 1. The van der Waals surface area contributed by atoms with Crippen LogP contribution in [0, 0.1) is 0 Å². The van der Waals surface area contributed by atoms with E-state index in [1.54, 1.807) is 11.8 Å². The number of aromatic amines is 1. The molecular formula is C9H15N3O2S. The van der Waals surface area contributed by atoms with Gasteiger partial charge in [0, 0.05) is 18.9 Å². The fourth-order valence-corrected chi connectivity index (χ4v) is 1.76. The normalized spacial score (nSPS) is 10.2. The van der Waals surface area contributed by atoms with Gasteiger partial charge in [0.1, 0.15) is 5.69 Å². The Hall–Kier alpha value is -1.01. The summed E-state index contributed by atoms with van der Waals surface area (Å²) in [6, 6.07) is 0. The molecule has 0 aliphatic heterocycles. The minimum absolute atomic E-state index is 0.129. The predicted molar refractivity (Wildman–Crippen MR) is 59.9 cm³/mol. The van der Waals surface area contributed by atoms with Crippen molar-refractivity contribution in [2.24, 2.45) is 0 Å². The van der Waals surface area contributed by atoms with Crippen LogP contribution in [0.4, 0.5) is 0 Å². The molecule has 0 saturated heterocycles. The number of nitrogens with one attached hydrogen (secondary N) is 2. The number of aliphatic hydroxyl groups is 1. The molecule has 1 aromatic heterocycles. The van der Waals surface area contributed by atoms with E-state index in [1.165, 1.54) is 12.5 Å². The van der Waals surface area contributed by atoms with E-state index < -0.39 is 0 Å². The van der Waals surface area contributed by atoms with Crippen LogP contribution in [0.5, 0.6) is 0 Å². The monoisotopic (exact) mass is 229 g/mol. The number of nitrogens with zero attached hydrogens (tertiary/aromatic N) is 1. The van der Waals surface area contributed by atoms with Crippen molar-refractivity contribution in [1.82, 2.24) is 15.3 Å². The van der Waals surface area contributed by atoms with Gasteiger partial charge in [0.05, 0.1) is 12.5 Å². The van der Waals surface area contributed by atoms with Crippen LogP contribution < -0.4 is 5.32 Å². The number of carbonyl (C=O) groups is 1. The molecule has 0 aromatic carbocycles. The average Bonchev–Trinajstić information content (AvgIpc) is 2.76. The highest BCUT2D eigenvalue weighted by molar-refractivity contribution is 7.99. The highest BCUT2D eigenvalue weighted by atomic mass is 32.2. The molecule has 1 amide bonds. The molecule has 0 aliphatic rings. The van der Waals surface area contributed by atoms with Crippen LogP contribution in [0.1, 0.15) is 16.9 Å². The lowest BCUT2D eigenvalue weighted by molar-refractivity contribution is 0.0951. The van der Waals surface area contributed by atoms with E-state index in [1.807, 2.05) is 0 Å². The minimum Gasteiger partial charge on any atom is -0.396 e. The molecule has 0 unspecified atom stereocenters. The van der Waals surface area contributed by atoms with Gasteiger partial charge in [-0.25, -0.2) is 4.98 Å². The van der Waals surface area contributed by atoms with Crippen molar-refractivity contribution in [3.63, 3.8) is 0 Å². The highest BCUT2D eigenvalue weighted by Gasteiger charge is 2.04. The average molecular weight is 229 g/mol. The number of H-pyrrole nitrogens is 1. The van der Waals surface area contributed by atoms with Crippen LogP contribution in [0.25, 0.3) is 0 Å². The molecule has 0 radical (unpaired) electrons. The van der Waals surface area contributed by atoms with E-state index >= 15 is 0 Å². The summed E-state index contributed by atoms with van der Waals surface area (Å²) in [5.41, 5.74) is 0.482. The van der Waals surface area contributed by atoms with Gasteiger partial charge in [-0.15, -0.1) is 0 Å². The molecule has 0 saturated carbocycles. The summed E-state index contributed by atoms with van der Waals surface area (Å²) in [6.45, 7) is 0.863. The minimum atomic E-state index is -0.129. The molecule has 0 aliphatic carbocycles. The first kappa shape index (κ1) is 12.1. The smallest absolute Gasteiger partial charge is 0.269 e. The van der Waals surface area contributed by atoms with Crippen molar-refractivity contribution in [2.75, 3.05) is 24.7 Å². The molecule has 1 heterocycles. The Morgan fingerprint density at radius 1 is 1.60 bits per heavy atom. The van der Waals surface area contributed by atoms with Crippen molar-refractivity contribution in [3.8, 4) is 0 Å². The Balaban J connectivity index is 2.03. The second kappa shape index (κ2) is 7.30. The molecule has 6 heteroatoms. The van der Waals surface area contributed by atoms with Crippen LogP contribution in [-0.4, -0.2) is 45.6 Å². The van der Waals surface area contributed by atoms with Crippen LogP contribution in [0.15, 0.2) is 12.5 Å². The molecule has 5 nitrogen and oxygen atoms in total. The zero-order valence-electron chi connectivity index (χ0n) is 8.40. The topological polar surface area (TPSA) is 78.0 Å². The van der Waals surface area contributed by atoms with Crippen molar-refractivity contribution >= 4 is 17.7 Å². The molecule has 1 rings (SSSR count). The van der Waals surface area contributed by atoms with Gasteiger partial charge in [0.25, 0.3) is 5.91 Å². The largest absolute Gasteiger partial charge is 0.396 e. The molecule has 0 atom stereocenters. The Bertz CT molecular complexity index is 277. The van der Waals surface area contributed by atoms with Gasteiger partial charge in [-0.1, -0.05) is 0 Å². The molecule has 15 heavy (non-hydrogen) atoms. The maximum atomic E-state index is 11.4. The summed E-state index contributed by atoms with van der Waals surface area (Å²) in [4.78, 5) is 17.9. The van der Waals surface area contributed by atoms with E-state index in [9.17, 15) is 4.79 Å². The first-order valence-corrected chi connectivity index (χ1v) is 5.95. The standard InChI is InChI=1S/C9H15N3O2S/c13-3-1-4-15-5-2-11-9(14)8-6-10-7-12-8/h6-7,13H,1-5H2,(H,10,12)(H,11,14). The second-order valence-electron chi connectivity index (χ2n) is 2.91. The summed E-state index contributed by atoms with van der Waals surface area (Å²) in [7, 11) is 0. The van der Waals surface area contributed by atoms with Gasteiger partial charge in [-0.05, 0) is 12.2 Å². The summed E-state index contributed by atoms with van der Waals surface area (Å²) >= 11 is 1.72. The van der Waals surface area contributed by atoms with E-state index in [4.69, 9.17) is 5.11 Å². The summed E-state index contributed by atoms with van der Waals surface area (Å²) in [5, 5.41) is 11.3. The molecular weight excluding hydrogens is 214 g/mol. The molecule has 1 aromatic rings. The lowest BCUT2D eigenvalue weighted by Crippen LogP contribution is -2.26. The Kier molecular flexibility index (Phi) is 5.87. The van der Waals surface area contributed by atoms with Gasteiger partial charge in [0.2, 0.25) is 0 Å². The van der Waals surface area contributed by atoms with Gasteiger partial charge in [-0.2, -0.15) is 11.8 Å². The van der Waals surface area contributed by atoms with E-state index in [0.29, 0.717) is 12.2 Å². The van der Waals surface area contributed by atoms with Gasteiger partial charge < -0.3 is 15.4 Å². The van der Waals surface area contributed by atoms with Crippen molar-refractivity contribution in [2.45, 2.75) is 6.42 Å². The maximum Gasteiger partial charge on any atom is 0.269 e. The zero-order chi connectivity index (χ0) is 10.9. The van der Waals surface area contributed by atoms with Crippen LogP contribution in [0.3, 0.4) is 0 Å². The third kappa shape index (κ3) is 4.85. The number of carbonyl (C=O) groups excluding carboxylic acids is 1. The highest BCUT2D eigenvalue weighted by Crippen LogP contribution is 2.00. The number of aliphatic hydroxyl groups excluding tert-OH is 1. The fraction of sp³-hybridized carbons (Fsp3) is 0.556. The number of rotatable bonds is 7. The van der Waals surface area contributed by atoms with Crippen molar-refractivity contribution < 1.29 is 9.90 Å². The van der Waals surface area contributed by atoms with Gasteiger partial charge in [0.15, 0.2) is 0 Å². The number of hydrogen-bond donors (Lipinski definition) is 3. The Morgan fingerprint density at radius 2 is 2.47 bits per heavy atom. The Morgan fingerprint density at radius 3 is 3.13 bits per heavy atom. The third-order valence-electron chi connectivity index (χ3n) is 1.72. The van der Waals surface area contributed by atoms with E-state index in [2.05, 4.69) is 15.3 Å². The first-order chi connectivity index (χ1) is 7.34. The van der Waals surface area contributed by atoms with Crippen LogP contribution in [0.2, 0.25) is 0 Å². The SMILES string of the molecule is O=C(NCCSCCCO)c1cnc[nH]1. The van der Waals surface area contributed by atoms with Gasteiger partial charge >= 0.3 is 0 Å². The van der Waals surface area contributed by atoms with E-state index in [0.717, 1.165) is 17.9 Å². The van der Waals surface area contributed by atoms with E-state index in [-0.39, 0.29) is 12.5 Å². The predicted octanol–water partition coefficient (Wildman–Crippen LogP) is 0.255. The zero-order valence-corrected chi connectivity index (χ0v) is 9.22. The quantitative estimate of drug-likeness (QED) is 0.586. The van der Waals surface area contributed by atoms with Crippen molar-refractivity contribution in [1.29, 1.82) is 0 Å². The number of hydrogen-bond acceptors (Lipinski definition) is 4.